The first kappa shape index (κ1) is 16.9. The second-order valence-corrected chi connectivity index (χ2v) is 5.51. The van der Waals surface area contributed by atoms with Gasteiger partial charge in [0, 0.05) is 25.8 Å². The van der Waals surface area contributed by atoms with E-state index in [0.29, 0.717) is 0 Å². The lowest BCUT2D eigenvalue weighted by atomic mass is 10.4. The van der Waals surface area contributed by atoms with Gasteiger partial charge in [-0.05, 0) is 13.0 Å². The number of hydrogen-bond donors (Lipinski definition) is 3. The molecule has 1 heterocycles. The van der Waals surface area contributed by atoms with Crippen LogP contribution in [0.2, 0.25) is 0 Å². The monoisotopic (exact) mass is 296 g/mol. The van der Waals surface area contributed by atoms with Crippen molar-refractivity contribution >= 4 is 28.3 Å². The fourth-order valence-corrected chi connectivity index (χ4v) is 2.63. The van der Waals surface area contributed by atoms with E-state index in [1.807, 2.05) is 0 Å². The van der Waals surface area contributed by atoms with Crippen molar-refractivity contribution in [2.75, 3.05) is 6.54 Å². The molecule has 0 saturated carbocycles. The SMILES string of the molecule is C[C@H](CN)NS(=O)(=O)c1cc(C(N)=O)n(C)c1.Cl. The Morgan fingerprint density at radius 2 is 2.11 bits per heavy atom. The highest BCUT2D eigenvalue weighted by atomic mass is 35.5. The molecule has 0 aliphatic heterocycles. The molecule has 0 aliphatic carbocycles. The van der Waals surface area contributed by atoms with Crippen LogP contribution in [-0.2, 0) is 17.1 Å². The summed E-state index contributed by atoms with van der Waals surface area (Å²) >= 11 is 0. The number of nitrogens with two attached hydrogens (primary N) is 2. The molecule has 0 fully saturated rings. The van der Waals surface area contributed by atoms with Gasteiger partial charge in [0.1, 0.15) is 10.6 Å². The maximum atomic E-state index is 11.9. The quantitative estimate of drug-likeness (QED) is 0.657. The summed E-state index contributed by atoms with van der Waals surface area (Å²) in [6.07, 6.45) is 1.33. The molecule has 7 nitrogen and oxygen atoms in total. The Morgan fingerprint density at radius 3 is 2.50 bits per heavy atom. The molecule has 1 atom stereocenters. The van der Waals surface area contributed by atoms with Gasteiger partial charge in [0.2, 0.25) is 10.0 Å². The van der Waals surface area contributed by atoms with Crippen molar-refractivity contribution in [2.24, 2.45) is 18.5 Å². The van der Waals surface area contributed by atoms with Crippen molar-refractivity contribution in [3.05, 3.63) is 18.0 Å². The molecule has 0 aliphatic rings. The zero-order valence-electron chi connectivity index (χ0n) is 10.1. The molecule has 104 valence electrons. The topological polar surface area (TPSA) is 120 Å². The minimum absolute atomic E-state index is 0. The highest BCUT2D eigenvalue weighted by Crippen LogP contribution is 2.13. The molecule has 0 unspecified atom stereocenters. The number of aryl methyl sites for hydroxylation is 1. The standard InChI is InChI=1S/C9H16N4O3S.ClH/c1-6(4-10)12-17(15,16)7-3-8(9(11)14)13(2)5-7;/h3,5-6,12H,4,10H2,1-2H3,(H2,11,14);1H/t6-;/m1./s1. The van der Waals surface area contributed by atoms with Crippen LogP contribution < -0.4 is 16.2 Å². The molecule has 0 aromatic carbocycles. The fourth-order valence-electron chi connectivity index (χ4n) is 1.31. The molecule has 9 heteroatoms. The van der Waals surface area contributed by atoms with Crippen molar-refractivity contribution in [3.8, 4) is 0 Å². The highest BCUT2D eigenvalue weighted by molar-refractivity contribution is 7.89. The van der Waals surface area contributed by atoms with Gasteiger partial charge >= 0.3 is 0 Å². The number of amides is 1. The van der Waals surface area contributed by atoms with Gasteiger partial charge in [0.15, 0.2) is 0 Å². The number of rotatable bonds is 5. The molecule has 0 saturated heterocycles. The third kappa shape index (κ3) is 3.70. The third-order valence-corrected chi connectivity index (χ3v) is 3.81. The summed E-state index contributed by atoms with van der Waals surface area (Å²) < 4.78 is 27.5. The maximum Gasteiger partial charge on any atom is 0.265 e. The predicted octanol–water partition coefficient (Wildman–Crippen LogP) is -0.829. The molecule has 0 spiro atoms. The molecule has 5 N–H and O–H groups in total. The summed E-state index contributed by atoms with van der Waals surface area (Å²) in [5.41, 5.74) is 10.6. The highest BCUT2D eigenvalue weighted by Gasteiger charge is 2.20. The number of aromatic nitrogens is 1. The summed E-state index contributed by atoms with van der Waals surface area (Å²) in [5.74, 6) is -0.680. The van der Waals surface area contributed by atoms with E-state index in [-0.39, 0.29) is 35.6 Å². The van der Waals surface area contributed by atoms with Crippen LogP contribution in [0.25, 0.3) is 0 Å². The van der Waals surface area contributed by atoms with E-state index in [1.165, 1.54) is 16.8 Å². The van der Waals surface area contributed by atoms with Crippen LogP contribution in [0.4, 0.5) is 0 Å². The van der Waals surface area contributed by atoms with Gasteiger partial charge in [0.25, 0.3) is 5.91 Å². The number of primary amides is 1. The molecule has 1 amide bonds. The van der Waals surface area contributed by atoms with Crippen LogP contribution in [0.5, 0.6) is 0 Å². The largest absolute Gasteiger partial charge is 0.364 e. The zero-order valence-corrected chi connectivity index (χ0v) is 11.7. The zero-order chi connectivity index (χ0) is 13.2. The minimum Gasteiger partial charge on any atom is -0.364 e. The number of hydrogen-bond acceptors (Lipinski definition) is 4. The molecule has 1 rings (SSSR count). The average molecular weight is 297 g/mol. The predicted molar refractivity (Wildman–Crippen MR) is 70.0 cm³/mol. The number of sulfonamides is 1. The Hall–Kier alpha value is -1.09. The van der Waals surface area contributed by atoms with Crippen molar-refractivity contribution in [1.29, 1.82) is 0 Å². The third-order valence-electron chi connectivity index (χ3n) is 2.25. The fraction of sp³-hybridized carbons (Fsp3) is 0.444. The van der Waals surface area contributed by atoms with E-state index < -0.39 is 15.9 Å². The Labute approximate surface area is 112 Å². The van der Waals surface area contributed by atoms with E-state index in [0.717, 1.165) is 0 Å². The number of nitrogens with zero attached hydrogens (tertiary/aromatic N) is 1. The Bertz CT molecular complexity index is 526. The van der Waals surface area contributed by atoms with Crippen LogP contribution in [0.1, 0.15) is 17.4 Å². The van der Waals surface area contributed by atoms with Crippen LogP contribution in [0, 0.1) is 0 Å². The van der Waals surface area contributed by atoms with Crippen LogP contribution in [0.3, 0.4) is 0 Å². The maximum absolute atomic E-state index is 11.9. The lowest BCUT2D eigenvalue weighted by Gasteiger charge is -2.10. The van der Waals surface area contributed by atoms with Gasteiger partial charge in [-0.2, -0.15) is 0 Å². The first-order valence-electron chi connectivity index (χ1n) is 4.96. The number of carbonyl (C=O) groups is 1. The first-order chi connectivity index (χ1) is 7.77. The number of nitrogens with one attached hydrogen (secondary N) is 1. The van der Waals surface area contributed by atoms with E-state index in [1.54, 1.807) is 14.0 Å². The Balaban J connectivity index is 0.00000289. The van der Waals surface area contributed by atoms with Crippen molar-refractivity contribution in [3.63, 3.8) is 0 Å². The van der Waals surface area contributed by atoms with E-state index in [9.17, 15) is 13.2 Å². The Morgan fingerprint density at radius 1 is 1.56 bits per heavy atom. The van der Waals surface area contributed by atoms with Crippen molar-refractivity contribution in [2.45, 2.75) is 17.9 Å². The summed E-state index contributed by atoms with van der Waals surface area (Å²) in [4.78, 5) is 11.0. The molecule has 1 aromatic rings. The van der Waals surface area contributed by atoms with Gasteiger partial charge in [-0.25, -0.2) is 13.1 Å². The van der Waals surface area contributed by atoms with Crippen molar-refractivity contribution < 1.29 is 13.2 Å². The van der Waals surface area contributed by atoms with Crippen molar-refractivity contribution in [1.82, 2.24) is 9.29 Å². The summed E-state index contributed by atoms with van der Waals surface area (Å²) in [6.45, 7) is 1.84. The van der Waals surface area contributed by atoms with Gasteiger partial charge < -0.3 is 16.0 Å². The van der Waals surface area contributed by atoms with Gasteiger partial charge in [0.05, 0.1) is 0 Å². The number of carbonyl (C=O) groups excluding carboxylic acids is 1. The lowest BCUT2D eigenvalue weighted by molar-refractivity contribution is 0.0992. The molecule has 0 bridgehead atoms. The molecular weight excluding hydrogens is 280 g/mol. The molecular formula is C9H17ClN4O3S. The minimum atomic E-state index is -3.67. The van der Waals surface area contributed by atoms with Crippen LogP contribution in [0.15, 0.2) is 17.2 Å². The second kappa shape index (κ2) is 6.19. The average Bonchev–Trinajstić information content (AvgIpc) is 2.60. The van der Waals surface area contributed by atoms with Gasteiger partial charge in [-0.1, -0.05) is 0 Å². The van der Waals surface area contributed by atoms with E-state index in [2.05, 4.69) is 4.72 Å². The van der Waals surface area contributed by atoms with E-state index >= 15 is 0 Å². The second-order valence-electron chi connectivity index (χ2n) is 3.79. The summed E-state index contributed by atoms with van der Waals surface area (Å²) in [5, 5.41) is 0. The smallest absolute Gasteiger partial charge is 0.265 e. The van der Waals surface area contributed by atoms with Gasteiger partial charge in [-0.15, -0.1) is 12.4 Å². The van der Waals surface area contributed by atoms with E-state index in [4.69, 9.17) is 11.5 Å². The lowest BCUT2D eigenvalue weighted by Crippen LogP contribution is -2.37. The first-order valence-corrected chi connectivity index (χ1v) is 6.45. The normalized spacial score (nSPS) is 12.8. The van der Waals surface area contributed by atoms with Crippen LogP contribution in [-0.4, -0.2) is 31.5 Å². The summed E-state index contributed by atoms with van der Waals surface area (Å²) in [6, 6.07) is 0.853. The Kier molecular flexibility index (Phi) is 5.81. The number of halogens is 1. The van der Waals surface area contributed by atoms with Gasteiger partial charge in [-0.3, -0.25) is 4.79 Å². The molecule has 18 heavy (non-hydrogen) atoms. The molecule has 0 radical (unpaired) electrons. The van der Waals surface area contributed by atoms with Crippen LogP contribution >= 0.6 is 12.4 Å². The summed E-state index contributed by atoms with van der Waals surface area (Å²) in [7, 11) is -2.12. The molecule has 1 aromatic heterocycles.